The summed E-state index contributed by atoms with van der Waals surface area (Å²) in [5.41, 5.74) is 4.10. The zero-order valence-corrected chi connectivity index (χ0v) is 22.3. The Kier molecular flexibility index (Phi) is 7.20. The molecule has 180 valence electrons. The molecule has 2 aromatic carbocycles. The molecule has 0 saturated carbocycles. The van der Waals surface area contributed by atoms with E-state index in [0.717, 1.165) is 35.7 Å². The maximum atomic E-state index is 12.4. The first-order valence-electron chi connectivity index (χ1n) is 12.3. The Hall–Kier alpha value is -3.57. The predicted octanol–water partition coefficient (Wildman–Crippen LogP) is -3.26. The normalized spacial score (nSPS) is 16.4. The van der Waals surface area contributed by atoms with Crippen molar-refractivity contribution in [1.29, 1.82) is 5.26 Å². The largest absolute Gasteiger partial charge is 0.400 e. The highest BCUT2D eigenvalue weighted by Gasteiger charge is 2.37. The number of nitriles is 1. The van der Waals surface area contributed by atoms with E-state index < -0.39 is 5.34 Å². The van der Waals surface area contributed by atoms with E-state index in [9.17, 15) is 4.79 Å². The Balaban J connectivity index is 1.44. The molecule has 1 saturated heterocycles. The molecule has 1 aliphatic rings. The molecule has 0 aliphatic carbocycles. The van der Waals surface area contributed by atoms with Gasteiger partial charge in [-0.1, -0.05) is 12.1 Å². The molecule has 8 nitrogen and oxygen atoms in total. The number of ether oxygens (including phenoxy) is 1. The van der Waals surface area contributed by atoms with E-state index in [0.29, 0.717) is 11.5 Å². The Morgan fingerprint density at radius 2 is 1.62 bits per heavy atom. The number of hydrogen-bond donors (Lipinski definition) is 2. The number of nitrogens with one attached hydrogen (secondary N) is 2. The first-order valence-corrected chi connectivity index (χ1v) is 12.3. The molecular formula is C23H28B6N6O2. The van der Waals surface area contributed by atoms with Gasteiger partial charge < -0.3 is 20.3 Å². The number of benzene rings is 2. The smallest absolute Gasteiger partial charge is 0.251 e. The van der Waals surface area contributed by atoms with Crippen molar-refractivity contribution in [2.24, 2.45) is 0 Å². The summed E-state index contributed by atoms with van der Waals surface area (Å²) in [6.07, 6.45) is 1.70. The lowest BCUT2D eigenvalue weighted by Crippen LogP contribution is -2.63. The van der Waals surface area contributed by atoms with Crippen molar-refractivity contribution in [1.82, 2.24) is 15.3 Å². The lowest BCUT2D eigenvalue weighted by Gasteiger charge is -2.49. The fourth-order valence-corrected chi connectivity index (χ4v) is 4.61. The minimum Gasteiger partial charge on any atom is -0.400 e. The molecule has 2 N–H and O–H groups in total. The van der Waals surface area contributed by atoms with E-state index in [-0.39, 0.29) is 16.7 Å². The molecule has 4 rings (SSSR count). The van der Waals surface area contributed by atoms with Gasteiger partial charge in [-0.2, -0.15) is 5.26 Å². The maximum Gasteiger partial charge on any atom is 0.251 e. The van der Waals surface area contributed by atoms with E-state index in [1.54, 1.807) is 34.0 Å². The summed E-state index contributed by atoms with van der Waals surface area (Å²) in [6, 6.07) is 19.3. The zero-order valence-electron chi connectivity index (χ0n) is 22.3. The number of morpholine rings is 1. The Bertz CT molecular complexity index is 1310. The summed E-state index contributed by atoms with van der Waals surface area (Å²) < 4.78 is 6.20. The third kappa shape index (κ3) is 6.80. The summed E-state index contributed by atoms with van der Waals surface area (Å²) in [6.45, 7) is 1.65. The summed E-state index contributed by atoms with van der Waals surface area (Å²) in [5.74, 6) is 0.187. The summed E-state index contributed by atoms with van der Waals surface area (Å²) >= 11 is 0. The molecule has 0 radical (unpaired) electrons. The van der Waals surface area contributed by atoms with Crippen molar-refractivity contribution in [3.05, 3.63) is 66.4 Å². The van der Waals surface area contributed by atoms with E-state index >= 15 is 0 Å². The number of nitrogens with zero attached hydrogens (tertiary/aromatic N) is 4. The first kappa shape index (κ1) is 26.5. The molecule has 0 unspecified atom stereocenters. The molecule has 1 aromatic heterocycles. The summed E-state index contributed by atoms with van der Waals surface area (Å²) in [4.78, 5) is 23.8. The quantitative estimate of drug-likeness (QED) is 0.354. The average Bonchev–Trinajstić information content (AvgIpc) is 2.82. The minimum atomic E-state index is -0.934. The second-order valence-corrected chi connectivity index (χ2v) is 11.2. The van der Waals surface area contributed by atoms with Crippen LogP contribution in [0.25, 0.3) is 11.3 Å². The number of anilines is 3. The van der Waals surface area contributed by atoms with Crippen LogP contribution >= 0.6 is 0 Å². The number of carbonyl (C=O) groups is 1. The van der Waals surface area contributed by atoms with Crippen molar-refractivity contribution in [3.63, 3.8) is 0 Å². The molecule has 37 heavy (non-hydrogen) atoms. The van der Waals surface area contributed by atoms with Gasteiger partial charge in [-0.25, -0.2) is 9.97 Å². The molecular weight excluding hydrogens is 457 g/mol. The Morgan fingerprint density at radius 3 is 2.22 bits per heavy atom. The van der Waals surface area contributed by atoms with Gasteiger partial charge in [0.15, 0.2) is 0 Å². The number of amides is 1. The number of carbonyl (C=O) groups excluding carboxylic acids is 1. The monoisotopic (exact) mass is 486 g/mol. The molecule has 14 heteroatoms. The van der Waals surface area contributed by atoms with Crippen LogP contribution in [0.15, 0.2) is 60.8 Å². The van der Waals surface area contributed by atoms with Crippen molar-refractivity contribution in [3.8, 4) is 17.3 Å². The van der Waals surface area contributed by atoms with Gasteiger partial charge in [0, 0.05) is 52.6 Å². The van der Waals surface area contributed by atoms with Gasteiger partial charge in [0.25, 0.3) is 5.91 Å². The molecule has 0 atom stereocenters. The second-order valence-electron chi connectivity index (χ2n) is 11.2. The van der Waals surface area contributed by atoms with Crippen LogP contribution in [0.3, 0.4) is 0 Å². The van der Waals surface area contributed by atoms with Crippen LogP contribution < -0.4 is 15.5 Å². The average molecular weight is 485 g/mol. The number of rotatable bonds is 6. The van der Waals surface area contributed by atoms with E-state index in [4.69, 9.17) is 10.00 Å². The highest BCUT2D eigenvalue weighted by atomic mass is 16.5. The zero-order chi connectivity index (χ0) is 26.8. The predicted molar refractivity (Wildman–Crippen MR) is 163 cm³/mol. The molecule has 2 heterocycles. The molecule has 3 aromatic rings. The molecule has 0 bridgehead atoms. The van der Waals surface area contributed by atoms with Gasteiger partial charge in [0.1, 0.15) is 47.1 Å². The second kappa shape index (κ2) is 10.1. The number of aromatic nitrogens is 2. The van der Waals surface area contributed by atoms with Gasteiger partial charge in [-0.3, -0.25) is 4.79 Å². The lowest BCUT2D eigenvalue weighted by molar-refractivity contribution is 0.0113. The van der Waals surface area contributed by atoms with E-state index in [1.165, 1.54) is 0 Å². The lowest BCUT2D eigenvalue weighted by atomic mass is 9.57. The molecule has 1 fully saturated rings. The van der Waals surface area contributed by atoms with Crippen LogP contribution in [0.4, 0.5) is 17.3 Å². The van der Waals surface area contributed by atoms with Crippen LogP contribution in [-0.4, -0.2) is 92.2 Å². The summed E-state index contributed by atoms with van der Waals surface area (Å²) in [5, 5.41) is 13.7. The van der Waals surface area contributed by atoms with Gasteiger partial charge in [0.2, 0.25) is 5.95 Å². The van der Waals surface area contributed by atoms with Gasteiger partial charge >= 0.3 is 0 Å². The van der Waals surface area contributed by atoms with E-state index in [1.807, 2.05) is 30.3 Å². The highest BCUT2D eigenvalue weighted by Crippen LogP contribution is 2.28. The molecule has 0 spiro atoms. The van der Waals surface area contributed by atoms with Crippen LogP contribution in [0.5, 0.6) is 0 Å². The Morgan fingerprint density at radius 1 is 1.00 bits per heavy atom. The third-order valence-electron chi connectivity index (χ3n) is 5.99. The van der Waals surface area contributed by atoms with Crippen LogP contribution in [0.1, 0.15) is 10.4 Å². The van der Waals surface area contributed by atoms with Crippen molar-refractivity contribution in [2.75, 3.05) is 23.3 Å². The fraction of sp³-hybridized carbons (Fsp3) is 0.217. The first-order chi connectivity index (χ1) is 17.3. The van der Waals surface area contributed by atoms with Gasteiger partial charge in [0.05, 0.1) is 17.1 Å². The SMILES string of the molecule is BC(B)(C#N)NC(=O)c1ccc(-c2ccnc(Nc3ccc(N4CC(B)(B)OC(B)(B)C4)cc3)n2)cc1. The van der Waals surface area contributed by atoms with Crippen molar-refractivity contribution in [2.45, 2.75) is 16.1 Å². The van der Waals surface area contributed by atoms with E-state index in [2.05, 4.69) is 75.1 Å². The number of hydrogen-bond acceptors (Lipinski definition) is 7. The highest BCUT2D eigenvalue weighted by molar-refractivity contribution is 6.44. The van der Waals surface area contributed by atoms with Crippen molar-refractivity contribution < 1.29 is 9.53 Å². The minimum absolute atomic E-state index is 0.220. The van der Waals surface area contributed by atoms with Crippen LogP contribution in [-0.2, 0) is 4.74 Å². The third-order valence-corrected chi connectivity index (χ3v) is 5.99. The molecule has 1 amide bonds. The fourth-order valence-electron chi connectivity index (χ4n) is 4.61. The topological polar surface area (TPSA) is 103 Å². The van der Waals surface area contributed by atoms with Gasteiger partial charge in [-0.15, -0.1) is 0 Å². The van der Waals surface area contributed by atoms with Crippen LogP contribution in [0.2, 0.25) is 0 Å². The van der Waals surface area contributed by atoms with Crippen LogP contribution in [0, 0.1) is 11.3 Å². The summed E-state index contributed by atoms with van der Waals surface area (Å²) in [7, 11) is 11.8. The Labute approximate surface area is 223 Å². The van der Waals surface area contributed by atoms with Gasteiger partial charge in [-0.05, 0) is 42.5 Å². The standard InChI is InChI=1S/C23H28B6N6O2/c24-21(25,11-30)34-19(36)15-3-1-14(2-4-15)18-9-10-31-20(33-18)32-16-5-7-17(8-6-16)35-12-22(26,27)37-23(28,29)13-35/h1-10H,12-13,24-29H2,(H,34,36)(H,31,32,33). The molecule has 1 aliphatic heterocycles. The maximum absolute atomic E-state index is 12.4. The van der Waals surface area contributed by atoms with Crippen molar-refractivity contribution >= 4 is 70.3 Å².